The van der Waals surface area contributed by atoms with Gasteiger partial charge < -0.3 is 5.32 Å². The van der Waals surface area contributed by atoms with Crippen molar-refractivity contribution in [2.45, 2.75) is 53.1 Å². The highest BCUT2D eigenvalue weighted by Gasteiger charge is 2.25. The molecule has 1 fully saturated rings. The van der Waals surface area contributed by atoms with Gasteiger partial charge in [-0.2, -0.15) is 0 Å². The summed E-state index contributed by atoms with van der Waals surface area (Å²) in [4.78, 5) is 2.62. The van der Waals surface area contributed by atoms with Gasteiger partial charge in [-0.1, -0.05) is 20.8 Å². The molecule has 2 heteroatoms. The number of nitrogens with zero attached hydrogens (tertiary/aromatic N) is 1. The molecule has 2 nitrogen and oxygen atoms in total. The molecule has 0 saturated carbocycles. The average Bonchev–Trinajstić information content (AvgIpc) is 2.45. The zero-order valence-electron chi connectivity index (χ0n) is 11.1. The average molecular weight is 212 g/mol. The van der Waals surface area contributed by atoms with Crippen LogP contribution in [-0.2, 0) is 0 Å². The van der Waals surface area contributed by atoms with Gasteiger partial charge in [-0.05, 0) is 32.1 Å². The van der Waals surface area contributed by atoms with Gasteiger partial charge in [0.25, 0.3) is 0 Å². The van der Waals surface area contributed by atoms with Gasteiger partial charge in [-0.25, -0.2) is 0 Å². The van der Waals surface area contributed by atoms with Crippen LogP contribution in [-0.4, -0.2) is 36.6 Å². The molecule has 0 amide bonds. The summed E-state index contributed by atoms with van der Waals surface area (Å²) in [6, 6.07) is 1.43. The number of hydrogen-bond acceptors (Lipinski definition) is 2. The molecule has 0 aromatic rings. The van der Waals surface area contributed by atoms with E-state index in [9.17, 15) is 0 Å². The molecule has 0 aromatic carbocycles. The van der Waals surface area contributed by atoms with Crippen molar-refractivity contribution in [1.29, 1.82) is 0 Å². The van der Waals surface area contributed by atoms with Gasteiger partial charge in [0.15, 0.2) is 0 Å². The third-order valence-corrected chi connectivity index (χ3v) is 3.78. The Bertz CT molecular complexity index is 179. The van der Waals surface area contributed by atoms with Crippen LogP contribution in [0.4, 0.5) is 0 Å². The number of nitrogens with one attached hydrogen (secondary N) is 1. The van der Waals surface area contributed by atoms with Crippen LogP contribution < -0.4 is 5.32 Å². The minimum Gasteiger partial charge on any atom is -0.313 e. The standard InChI is InChI=1S/C13H28N2/c1-10(2)13(5)14-6-7-15-9-11(3)8-12(15)4/h10-14H,6-9H2,1-5H3. The zero-order chi connectivity index (χ0) is 11.4. The summed E-state index contributed by atoms with van der Waals surface area (Å²) in [5.74, 6) is 1.63. The highest BCUT2D eigenvalue weighted by molar-refractivity contribution is 4.80. The lowest BCUT2D eigenvalue weighted by atomic mass is 10.1. The minimum atomic E-state index is 0.639. The fourth-order valence-corrected chi connectivity index (χ4v) is 2.37. The topological polar surface area (TPSA) is 15.3 Å². The summed E-state index contributed by atoms with van der Waals surface area (Å²) in [7, 11) is 0. The third-order valence-electron chi connectivity index (χ3n) is 3.78. The Kier molecular flexibility index (Phi) is 5.07. The smallest absolute Gasteiger partial charge is 0.0110 e. The van der Waals surface area contributed by atoms with Crippen LogP contribution in [0.25, 0.3) is 0 Å². The first-order valence-electron chi connectivity index (χ1n) is 6.48. The van der Waals surface area contributed by atoms with Crippen LogP contribution in [0.15, 0.2) is 0 Å². The Morgan fingerprint density at radius 1 is 1.27 bits per heavy atom. The molecule has 0 aromatic heterocycles. The van der Waals surface area contributed by atoms with Crippen molar-refractivity contribution in [3.63, 3.8) is 0 Å². The molecule has 15 heavy (non-hydrogen) atoms. The molecule has 1 rings (SSSR count). The van der Waals surface area contributed by atoms with Crippen LogP contribution in [0, 0.1) is 11.8 Å². The van der Waals surface area contributed by atoms with E-state index in [1.807, 2.05) is 0 Å². The summed E-state index contributed by atoms with van der Waals surface area (Å²) < 4.78 is 0. The molecule has 0 bridgehead atoms. The van der Waals surface area contributed by atoms with Crippen molar-refractivity contribution in [1.82, 2.24) is 10.2 Å². The molecule has 3 unspecified atom stereocenters. The van der Waals surface area contributed by atoms with E-state index in [0.717, 1.165) is 24.4 Å². The van der Waals surface area contributed by atoms with Crippen molar-refractivity contribution in [2.24, 2.45) is 11.8 Å². The number of likely N-dealkylation sites (tertiary alicyclic amines) is 1. The quantitative estimate of drug-likeness (QED) is 0.752. The van der Waals surface area contributed by atoms with E-state index >= 15 is 0 Å². The largest absolute Gasteiger partial charge is 0.313 e. The lowest BCUT2D eigenvalue weighted by Gasteiger charge is -2.23. The van der Waals surface area contributed by atoms with E-state index in [1.165, 1.54) is 19.5 Å². The first-order chi connectivity index (χ1) is 7.00. The van der Waals surface area contributed by atoms with Crippen LogP contribution in [0.3, 0.4) is 0 Å². The SMILES string of the molecule is CC1CC(C)N(CCNC(C)C(C)C)C1. The van der Waals surface area contributed by atoms with Crippen LogP contribution in [0.5, 0.6) is 0 Å². The fraction of sp³-hybridized carbons (Fsp3) is 1.00. The van der Waals surface area contributed by atoms with Crippen LogP contribution >= 0.6 is 0 Å². The number of hydrogen-bond donors (Lipinski definition) is 1. The van der Waals surface area contributed by atoms with Gasteiger partial charge in [0.2, 0.25) is 0 Å². The van der Waals surface area contributed by atoms with Crippen molar-refractivity contribution in [3.05, 3.63) is 0 Å². The third kappa shape index (κ3) is 4.12. The maximum absolute atomic E-state index is 3.60. The van der Waals surface area contributed by atoms with Gasteiger partial charge >= 0.3 is 0 Å². The maximum atomic E-state index is 3.60. The molecule has 1 N–H and O–H groups in total. The highest BCUT2D eigenvalue weighted by atomic mass is 15.2. The first kappa shape index (κ1) is 13.0. The zero-order valence-corrected chi connectivity index (χ0v) is 11.1. The summed E-state index contributed by atoms with van der Waals surface area (Å²) in [6.07, 6.45) is 1.37. The monoisotopic (exact) mass is 212 g/mol. The first-order valence-corrected chi connectivity index (χ1v) is 6.48. The second-order valence-electron chi connectivity index (χ2n) is 5.67. The number of rotatable bonds is 5. The van der Waals surface area contributed by atoms with Gasteiger partial charge in [0, 0.05) is 31.7 Å². The fourth-order valence-electron chi connectivity index (χ4n) is 2.37. The second kappa shape index (κ2) is 5.86. The summed E-state index contributed by atoms with van der Waals surface area (Å²) in [5.41, 5.74) is 0. The second-order valence-corrected chi connectivity index (χ2v) is 5.67. The minimum absolute atomic E-state index is 0.639. The Hall–Kier alpha value is -0.0800. The van der Waals surface area contributed by atoms with Gasteiger partial charge in [-0.3, -0.25) is 4.90 Å². The molecule has 0 spiro atoms. The summed E-state index contributed by atoms with van der Waals surface area (Å²) in [5, 5.41) is 3.60. The van der Waals surface area contributed by atoms with Gasteiger partial charge in [0.1, 0.15) is 0 Å². The molecule has 3 atom stereocenters. The summed E-state index contributed by atoms with van der Waals surface area (Å²) >= 11 is 0. The van der Waals surface area contributed by atoms with Crippen LogP contribution in [0.1, 0.15) is 41.0 Å². The highest BCUT2D eigenvalue weighted by Crippen LogP contribution is 2.21. The van der Waals surface area contributed by atoms with E-state index in [4.69, 9.17) is 0 Å². The van der Waals surface area contributed by atoms with E-state index < -0.39 is 0 Å². The molecule has 0 radical (unpaired) electrons. The van der Waals surface area contributed by atoms with Crippen molar-refractivity contribution in [2.75, 3.05) is 19.6 Å². The lowest BCUT2D eigenvalue weighted by molar-refractivity contribution is 0.257. The predicted molar refractivity (Wildman–Crippen MR) is 67.1 cm³/mol. The van der Waals surface area contributed by atoms with E-state index in [-0.39, 0.29) is 0 Å². The molecular formula is C13H28N2. The van der Waals surface area contributed by atoms with Crippen molar-refractivity contribution < 1.29 is 0 Å². The van der Waals surface area contributed by atoms with E-state index in [1.54, 1.807) is 0 Å². The van der Waals surface area contributed by atoms with Crippen molar-refractivity contribution in [3.8, 4) is 0 Å². The normalized spacial score (nSPS) is 30.0. The maximum Gasteiger partial charge on any atom is 0.0110 e. The molecule has 90 valence electrons. The Morgan fingerprint density at radius 2 is 1.93 bits per heavy atom. The van der Waals surface area contributed by atoms with Gasteiger partial charge in [0.05, 0.1) is 0 Å². The van der Waals surface area contributed by atoms with E-state index in [2.05, 4.69) is 44.8 Å². The van der Waals surface area contributed by atoms with Crippen molar-refractivity contribution >= 4 is 0 Å². The van der Waals surface area contributed by atoms with Gasteiger partial charge in [-0.15, -0.1) is 0 Å². The molecule has 0 aliphatic carbocycles. The Balaban J connectivity index is 2.15. The summed E-state index contributed by atoms with van der Waals surface area (Å²) in [6.45, 7) is 15.2. The Labute approximate surface area is 95.4 Å². The Morgan fingerprint density at radius 3 is 2.40 bits per heavy atom. The molecule has 1 aliphatic heterocycles. The van der Waals surface area contributed by atoms with E-state index in [0.29, 0.717) is 6.04 Å². The predicted octanol–water partition coefficient (Wildman–Crippen LogP) is 2.35. The molecule has 1 saturated heterocycles. The van der Waals surface area contributed by atoms with Crippen LogP contribution in [0.2, 0.25) is 0 Å². The molecule has 1 aliphatic rings. The molecule has 1 heterocycles. The lowest BCUT2D eigenvalue weighted by Crippen LogP contribution is -2.39. The molecular weight excluding hydrogens is 184 g/mol.